The Kier molecular flexibility index (Phi) is 13.7. The molecule has 0 aromatic heterocycles. The van der Waals surface area contributed by atoms with Crippen molar-refractivity contribution in [3.05, 3.63) is 64.7 Å². The van der Waals surface area contributed by atoms with E-state index in [0.717, 1.165) is 18.4 Å². The summed E-state index contributed by atoms with van der Waals surface area (Å²) in [5.74, 6) is -0.0916. The molecule has 0 saturated carbocycles. The number of halogens is 1. The van der Waals surface area contributed by atoms with Gasteiger partial charge in [0.15, 0.2) is 0 Å². The van der Waals surface area contributed by atoms with Crippen LogP contribution in [0.25, 0.3) is 0 Å². The highest BCUT2D eigenvalue weighted by Crippen LogP contribution is 2.16. The molecule has 2 rings (SSSR count). The molecule has 0 saturated heterocycles. The minimum atomic E-state index is -0.451. The molecule has 0 aliphatic carbocycles. The standard InChI is InChI=1S/C28H37ClN2O3/c1-2-3-4-5-6-7-8-9-10-11-12-13-27(32)31-30-22-23-14-20-26(21-15-23)34-28(33)24-16-18-25(29)19-17-24/h14-22H,2-13H2,1H3,(H,31,32)/b30-22+. The number of nitrogens with zero attached hydrogens (tertiary/aromatic N) is 1. The van der Waals surface area contributed by atoms with Gasteiger partial charge in [0, 0.05) is 11.4 Å². The van der Waals surface area contributed by atoms with Crippen LogP contribution < -0.4 is 10.2 Å². The van der Waals surface area contributed by atoms with Crippen molar-refractivity contribution in [2.24, 2.45) is 5.10 Å². The quantitative estimate of drug-likeness (QED) is 0.0871. The zero-order valence-corrected chi connectivity index (χ0v) is 21.0. The maximum atomic E-state index is 12.1. The number of rotatable bonds is 16. The van der Waals surface area contributed by atoms with Crippen LogP contribution in [0.15, 0.2) is 53.6 Å². The average molecular weight is 485 g/mol. The van der Waals surface area contributed by atoms with Crippen LogP contribution in [0.4, 0.5) is 0 Å². The minimum Gasteiger partial charge on any atom is -0.423 e. The first kappa shape index (κ1) is 27.6. The molecule has 6 heteroatoms. The van der Waals surface area contributed by atoms with Gasteiger partial charge in [0.05, 0.1) is 11.8 Å². The highest BCUT2D eigenvalue weighted by atomic mass is 35.5. The van der Waals surface area contributed by atoms with Crippen molar-refractivity contribution in [2.75, 3.05) is 0 Å². The molecule has 0 radical (unpaired) electrons. The summed E-state index contributed by atoms with van der Waals surface area (Å²) in [7, 11) is 0. The predicted octanol–water partition coefficient (Wildman–Crippen LogP) is 7.71. The Hall–Kier alpha value is -2.66. The first-order chi connectivity index (χ1) is 16.6. The minimum absolute atomic E-state index is 0.0688. The van der Waals surface area contributed by atoms with E-state index < -0.39 is 5.97 Å². The van der Waals surface area contributed by atoms with Crippen LogP contribution in [0.5, 0.6) is 5.75 Å². The lowest BCUT2D eigenvalue weighted by atomic mass is 10.1. The summed E-state index contributed by atoms with van der Waals surface area (Å²) in [5.41, 5.74) is 3.79. The first-order valence-corrected chi connectivity index (χ1v) is 12.9. The number of benzene rings is 2. The third kappa shape index (κ3) is 12.0. The second-order valence-corrected chi connectivity index (χ2v) is 8.98. The average Bonchev–Trinajstić information content (AvgIpc) is 2.84. The van der Waals surface area contributed by atoms with Crippen molar-refractivity contribution in [1.29, 1.82) is 0 Å². The molecule has 1 N–H and O–H groups in total. The van der Waals surface area contributed by atoms with Crippen LogP contribution in [-0.4, -0.2) is 18.1 Å². The molecule has 5 nitrogen and oxygen atoms in total. The van der Waals surface area contributed by atoms with E-state index >= 15 is 0 Å². The van der Waals surface area contributed by atoms with Crippen LogP contribution in [0.2, 0.25) is 5.02 Å². The van der Waals surface area contributed by atoms with Gasteiger partial charge in [-0.2, -0.15) is 5.10 Å². The molecule has 0 spiro atoms. The molecule has 2 aromatic rings. The van der Waals surface area contributed by atoms with Crippen LogP contribution in [-0.2, 0) is 4.79 Å². The largest absolute Gasteiger partial charge is 0.423 e. The highest BCUT2D eigenvalue weighted by Gasteiger charge is 2.08. The fourth-order valence-electron chi connectivity index (χ4n) is 3.56. The topological polar surface area (TPSA) is 67.8 Å². The third-order valence-corrected chi connectivity index (χ3v) is 5.83. The van der Waals surface area contributed by atoms with E-state index in [1.807, 2.05) is 0 Å². The molecule has 0 aliphatic heterocycles. The number of hydrazone groups is 1. The number of esters is 1. The van der Waals surface area contributed by atoms with E-state index in [0.29, 0.717) is 22.8 Å². The molecule has 1 amide bonds. The Bertz CT molecular complexity index is 880. The number of ether oxygens (including phenoxy) is 1. The molecular weight excluding hydrogens is 448 g/mol. The lowest BCUT2D eigenvalue weighted by Crippen LogP contribution is -2.16. The van der Waals surface area contributed by atoms with Crippen LogP contribution in [0.3, 0.4) is 0 Å². The summed E-state index contributed by atoms with van der Waals surface area (Å²) in [6, 6.07) is 13.4. The smallest absolute Gasteiger partial charge is 0.343 e. The Labute approximate surface area is 208 Å². The molecule has 34 heavy (non-hydrogen) atoms. The zero-order valence-electron chi connectivity index (χ0n) is 20.2. The number of amides is 1. The van der Waals surface area contributed by atoms with Crippen LogP contribution >= 0.6 is 11.6 Å². The van der Waals surface area contributed by atoms with Gasteiger partial charge in [-0.15, -0.1) is 0 Å². The fourth-order valence-corrected chi connectivity index (χ4v) is 3.68. The molecule has 184 valence electrons. The van der Waals surface area contributed by atoms with Gasteiger partial charge in [0.25, 0.3) is 0 Å². The second-order valence-electron chi connectivity index (χ2n) is 8.54. The lowest BCUT2D eigenvalue weighted by molar-refractivity contribution is -0.121. The summed E-state index contributed by atoms with van der Waals surface area (Å²) >= 11 is 5.83. The van der Waals surface area contributed by atoms with E-state index in [2.05, 4.69) is 17.5 Å². The Balaban J connectivity index is 1.55. The second kappa shape index (κ2) is 16.9. The Morgan fingerprint density at radius 2 is 1.38 bits per heavy atom. The summed E-state index contributed by atoms with van der Waals surface area (Å²) in [6.45, 7) is 2.25. The molecule has 0 atom stereocenters. The summed E-state index contributed by atoms with van der Waals surface area (Å²) in [5, 5.41) is 4.57. The summed E-state index contributed by atoms with van der Waals surface area (Å²) in [6.07, 6.45) is 15.9. The number of unbranched alkanes of at least 4 members (excludes halogenated alkanes) is 10. The van der Waals surface area contributed by atoms with Gasteiger partial charge in [0.1, 0.15) is 5.75 Å². The van der Waals surface area contributed by atoms with Gasteiger partial charge in [-0.3, -0.25) is 4.79 Å². The first-order valence-electron chi connectivity index (χ1n) is 12.5. The third-order valence-electron chi connectivity index (χ3n) is 5.58. The normalized spacial score (nSPS) is 11.0. The number of carbonyl (C=O) groups is 2. The van der Waals surface area contributed by atoms with E-state index in [4.69, 9.17) is 16.3 Å². The maximum Gasteiger partial charge on any atom is 0.343 e. The molecule has 0 fully saturated rings. The van der Waals surface area contributed by atoms with E-state index in [9.17, 15) is 9.59 Å². The van der Waals surface area contributed by atoms with Crippen molar-refractivity contribution in [1.82, 2.24) is 5.43 Å². The highest BCUT2D eigenvalue weighted by molar-refractivity contribution is 6.30. The van der Waals surface area contributed by atoms with Crippen molar-refractivity contribution in [2.45, 2.75) is 84.0 Å². The molecule has 2 aromatic carbocycles. The van der Waals surface area contributed by atoms with E-state index in [1.54, 1.807) is 54.7 Å². The van der Waals surface area contributed by atoms with E-state index in [1.165, 1.54) is 57.8 Å². The van der Waals surface area contributed by atoms with Gasteiger partial charge < -0.3 is 4.74 Å². The maximum absolute atomic E-state index is 12.1. The molecule has 0 bridgehead atoms. The van der Waals surface area contributed by atoms with Crippen molar-refractivity contribution in [3.63, 3.8) is 0 Å². The Morgan fingerprint density at radius 3 is 1.97 bits per heavy atom. The van der Waals surface area contributed by atoms with Gasteiger partial charge in [0.2, 0.25) is 5.91 Å². The van der Waals surface area contributed by atoms with Crippen LogP contribution in [0.1, 0.15) is 99.9 Å². The number of hydrogen-bond donors (Lipinski definition) is 1. The molecule has 0 heterocycles. The Morgan fingerprint density at radius 1 is 0.824 bits per heavy atom. The summed E-state index contributed by atoms with van der Waals surface area (Å²) < 4.78 is 5.35. The predicted molar refractivity (Wildman–Crippen MR) is 140 cm³/mol. The van der Waals surface area contributed by atoms with Crippen molar-refractivity contribution in [3.8, 4) is 5.75 Å². The zero-order chi connectivity index (χ0) is 24.4. The molecule has 0 unspecified atom stereocenters. The van der Waals surface area contributed by atoms with E-state index in [-0.39, 0.29) is 5.91 Å². The number of nitrogens with one attached hydrogen (secondary N) is 1. The van der Waals surface area contributed by atoms with Gasteiger partial charge in [-0.1, -0.05) is 82.7 Å². The summed E-state index contributed by atoms with van der Waals surface area (Å²) in [4.78, 5) is 24.1. The van der Waals surface area contributed by atoms with Gasteiger partial charge in [-0.05, 0) is 60.5 Å². The molecule has 0 aliphatic rings. The monoisotopic (exact) mass is 484 g/mol. The van der Waals surface area contributed by atoms with Gasteiger partial charge in [-0.25, -0.2) is 10.2 Å². The number of carbonyl (C=O) groups excluding carboxylic acids is 2. The SMILES string of the molecule is CCCCCCCCCCCCCC(=O)N/N=C/c1ccc(OC(=O)c2ccc(Cl)cc2)cc1. The fraction of sp³-hybridized carbons (Fsp3) is 0.464. The van der Waals surface area contributed by atoms with Gasteiger partial charge >= 0.3 is 5.97 Å². The molecular formula is C28H37ClN2O3. The number of hydrogen-bond acceptors (Lipinski definition) is 4. The van der Waals surface area contributed by atoms with Crippen molar-refractivity contribution < 1.29 is 14.3 Å². The van der Waals surface area contributed by atoms with Crippen molar-refractivity contribution >= 4 is 29.7 Å². The van der Waals surface area contributed by atoms with Crippen LogP contribution in [0, 0.1) is 0 Å². The lowest BCUT2D eigenvalue weighted by Gasteiger charge is -2.05.